The standard InChI is InChI=1S/C12H17N.C4H10N.CH3.Nb/c1-8(2)10-6-5-7-11(9(3)4)12(10)13;1-4(2,3)5;;/h5-9H,1-4H3;5H,1-3H3;1H3;/q;2*-1;. The second kappa shape index (κ2) is 9.62. The number of nitrogens with one attached hydrogen (secondary N) is 1. The Morgan fingerprint density at radius 3 is 1.50 bits per heavy atom. The second-order valence-corrected chi connectivity index (χ2v) is 6.94. The second-order valence-electron chi connectivity index (χ2n) is 6.44. The van der Waals surface area contributed by atoms with E-state index < -0.39 is 0 Å². The quantitative estimate of drug-likeness (QED) is 0.434. The van der Waals surface area contributed by atoms with Crippen LogP contribution < -0.4 is 0 Å². The molecule has 2 nitrogen and oxygen atoms in total. The van der Waals surface area contributed by atoms with E-state index >= 15 is 0 Å². The van der Waals surface area contributed by atoms with Crippen LogP contribution in [-0.4, -0.2) is 5.54 Å². The summed E-state index contributed by atoms with van der Waals surface area (Å²) in [5.41, 5.74) is 10.6. The molecule has 1 aromatic carbocycles. The van der Waals surface area contributed by atoms with Crippen molar-refractivity contribution in [2.24, 2.45) is 3.34 Å². The summed E-state index contributed by atoms with van der Waals surface area (Å²) in [5, 5.41) is 0. The summed E-state index contributed by atoms with van der Waals surface area (Å²) in [7, 11) is 0. The zero-order valence-electron chi connectivity index (χ0n) is 14.3. The van der Waals surface area contributed by atoms with Crippen LogP contribution in [0.2, 0.25) is 0 Å². The summed E-state index contributed by atoms with van der Waals surface area (Å²) in [6.45, 7) is 14.5. The molecule has 3 heteroatoms. The smallest absolute Gasteiger partial charge is 0.358 e. The van der Waals surface area contributed by atoms with Gasteiger partial charge in [0, 0.05) is 0 Å². The third-order valence-electron chi connectivity index (χ3n) is 2.44. The van der Waals surface area contributed by atoms with Crippen molar-refractivity contribution in [1.29, 1.82) is 0 Å². The van der Waals surface area contributed by atoms with Gasteiger partial charge in [0.1, 0.15) is 0 Å². The molecule has 1 aromatic rings. The predicted molar refractivity (Wildman–Crippen MR) is 87.2 cm³/mol. The molecular weight excluding hydrogens is 325 g/mol. The fraction of sp³-hybridized carbons (Fsp3) is 0.588. The molecule has 0 aromatic heterocycles. The van der Waals surface area contributed by atoms with E-state index in [1.54, 1.807) is 0 Å². The van der Waals surface area contributed by atoms with Crippen LogP contribution in [0.1, 0.15) is 71.4 Å². The third-order valence-corrected chi connectivity index (χ3v) is 2.93. The first kappa shape index (κ1) is 22.0. The Hall–Kier alpha value is -0.280. The van der Waals surface area contributed by atoms with Gasteiger partial charge in [0.25, 0.3) is 0 Å². The van der Waals surface area contributed by atoms with Crippen molar-refractivity contribution in [2.75, 3.05) is 0 Å². The summed E-state index contributed by atoms with van der Waals surface area (Å²) >= 11 is 1.53. The molecule has 1 rings (SSSR count). The van der Waals surface area contributed by atoms with E-state index in [2.05, 4.69) is 49.2 Å². The van der Waals surface area contributed by atoms with Crippen LogP contribution in [0.3, 0.4) is 0 Å². The van der Waals surface area contributed by atoms with Gasteiger partial charge >= 0.3 is 98.8 Å². The van der Waals surface area contributed by atoms with Gasteiger partial charge in [-0.05, 0) is 0 Å². The first-order valence-corrected chi connectivity index (χ1v) is 7.79. The summed E-state index contributed by atoms with van der Waals surface area (Å²) in [5.74, 6) is 1.11. The zero-order valence-corrected chi connectivity index (χ0v) is 16.5. The van der Waals surface area contributed by atoms with Crippen molar-refractivity contribution >= 4 is 5.69 Å². The molecule has 0 heterocycles. The molecule has 0 bridgehead atoms. The Morgan fingerprint density at radius 2 is 1.30 bits per heavy atom. The van der Waals surface area contributed by atoms with E-state index in [1.165, 1.54) is 37.7 Å². The maximum absolute atomic E-state index is 6.94. The average Bonchev–Trinajstić information content (AvgIpc) is 2.25. The van der Waals surface area contributed by atoms with Crippen LogP contribution in [-0.2, 0) is 20.9 Å². The molecular formula is C17H30N2Nb-2. The van der Waals surface area contributed by atoms with Crippen LogP contribution in [0.25, 0.3) is 5.73 Å². The molecule has 0 aliphatic rings. The van der Waals surface area contributed by atoms with Crippen LogP contribution in [0.4, 0.5) is 5.69 Å². The van der Waals surface area contributed by atoms with Crippen molar-refractivity contribution in [3.05, 3.63) is 42.5 Å². The Labute approximate surface area is 138 Å². The van der Waals surface area contributed by atoms with Gasteiger partial charge in [-0.1, -0.05) is 20.8 Å². The minimum atomic E-state index is -0.250. The maximum Gasteiger partial charge on any atom is -0.358 e. The Kier molecular flexibility index (Phi) is 10.6. The van der Waals surface area contributed by atoms with Gasteiger partial charge in [-0.25, -0.2) is 0 Å². The van der Waals surface area contributed by atoms with Gasteiger partial charge in [0.05, 0.1) is 0 Å². The van der Waals surface area contributed by atoms with Crippen LogP contribution >= 0.6 is 0 Å². The van der Waals surface area contributed by atoms with E-state index in [0.717, 1.165) is 0 Å². The number of hydrogen-bond acceptors (Lipinski definition) is 1. The minimum Gasteiger partial charge on any atom is -0.358 e. The molecule has 20 heavy (non-hydrogen) atoms. The fourth-order valence-corrected chi connectivity index (χ4v) is 2.19. The number of nitrogens with zero attached hydrogens (tertiary/aromatic N) is 1. The zero-order chi connectivity index (χ0) is 15.2. The molecule has 1 N–H and O–H groups in total. The molecule has 0 radical (unpaired) electrons. The normalized spacial score (nSPS) is 10.7. The van der Waals surface area contributed by atoms with Gasteiger partial charge < -0.3 is 13.2 Å². The predicted octanol–water partition coefficient (Wildman–Crippen LogP) is 6.58. The third kappa shape index (κ3) is 8.80. The monoisotopic (exact) mass is 355 g/mol. The first-order valence-electron chi connectivity index (χ1n) is 6.80. The summed E-state index contributed by atoms with van der Waals surface area (Å²) in [6, 6.07) is 6.52. The van der Waals surface area contributed by atoms with Crippen LogP contribution in [0.5, 0.6) is 0 Å². The largest absolute Gasteiger partial charge is 0.358 e. The SMILES string of the molecule is CC(C)(C)[NH-].CC(C)c1cccc(C(C)C)c1[N]=[Nb].[CH3-]. The first-order chi connectivity index (χ1) is 8.57. The van der Waals surface area contributed by atoms with Crippen molar-refractivity contribution in [1.82, 2.24) is 0 Å². The van der Waals surface area contributed by atoms with E-state index in [0.29, 0.717) is 11.8 Å². The van der Waals surface area contributed by atoms with Crippen molar-refractivity contribution in [2.45, 2.75) is 65.8 Å². The molecule has 115 valence electrons. The van der Waals surface area contributed by atoms with Gasteiger partial charge in [-0.3, -0.25) is 0 Å². The van der Waals surface area contributed by atoms with Gasteiger partial charge in [0.15, 0.2) is 0 Å². The number of hydrogen-bond donors (Lipinski definition) is 0. The van der Waals surface area contributed by atoms with Crippen LogP contribution in [0, 0.1) is 7.43 Å². The van der Waals surface area contributed by atoms with Gasteiger partial charge in [0.2, 0.25) is 0 Å². The number of rotatable bonds is 3. The molecule has 0 saturated heterocycles. The van der Waals surface area contributed by atoms with E-state index in [-0.39, 0.29) is 13.0 Å². The Balaban J connectivity index is 0. The van der Waals surface area contributed by atoms with Gasteiger partial charge in [-0.15, -0.1) is 5.54 Å². The summed E-state index contributed by atoms with van der Waals surface area (Å²) in [4.78, 5) is 0. The molecule has 0 spiro atoms. The Morgan fingerprint density at radius 1 is 1.00 bits per heavy atom. The van der Waals surface area contributed by atoms with E-state index in [9.17, 15) is 0 Å². The average molecular weight is 355 g/mol. The summed E-state index contributed by atoms with van der Waals surface area (Å²) in [6.07, 6.45) is 0. The molecule has 0 unspecified atom stereocenters. The van der Waals surface area contributed by atoms with E-state index in [1.807, 2.05) is 20.8 Å². The van der Waals surface area contributed by atoms with Crippen molar-refractivity contribution in [3.63, 3.8) is 0 Å². The topological polar surface area (TPSA) is 36.2 Å². The maximum atomic E-state index is 6.94. The summed E-state index contributed by atoms with van der Waals surface area (Å²) < 4.78 is 4.46. The molecule has 0 saturated carbocycles. The molecule has 0 fully saturated rings. The molecule has 0 aliphatic carbocycles. The minimum absolute atomic E-state index is 0. The van der Waals surface area contributed by atoms with E-state index in [4.69, 9.17) is 5.73 Å². The van der Waals surface area contributed by atoms with Crippen LogP contribution in [0.15, 0.2) is 21.5 Å². The molecule has 0 amide bonds. The molecule has 0 aliphatic heterocycles. The fourth-order valence-electron chi connectivity index (χ4n) is 1.63. The number of benzene rings is 1. The van der Waals surface area contributed by atoms with Crippen molar-refractivity contribution in [3.8, 4) is 0 Å². The van der Waals surface area contributed by atoms with Gasteiger partial charge in [-0.2, -0.15) is 0 Å². The molecule has 0 atom stereocenters. The Bertz CT molecular complexity index is 372. The van der Waals surface area contributed by atoms with Crippen molar-refractivity contribution < 1.29 is 20.9 Å².